The summed E-state index contributed by atoms with van der Waals surface area (Å²) in [7, 11) is 0. The van der Waals surface area contributed by atoms with Gasteiger partial charge >= 0.3 is 0 Å². The Hall–Kier alpha value is -1.19. The summed E-state index contributed by atoms with van der Waals surface area (Å²) in [5.74, 6) is -0.0982. The normalized spacial score (nSPS) is 14.8. The minimum absolute atomic E-state index is 0.0982. The smallest absolute Gasteiger partial charge is 0.127 e. The van der Waals surface area contributed by atoms with E-state index in [2.05, 4.69) is 23.7 Å². The second kappa shape index (κ2) is 7.55. The van der Waals surface area contributed by atoms with Crippen LogP contribution in [-0.2, 0) is 13.1 Å². The van der Waals surface area contributed by atoms with Gasteiger partial charge in [-0.15, -0.1) is 6.58 Å². The van der Waals surface area contributed by atoms with Crippen molar-refractivity contribution in [3.63, 3.8) is 0 Å². The van der Waals surface area contributed by atoms with Crippen molar-refractivity contribution >= 4 is 0 Å². The van der Waals surface area contributed by atoms with Crippen LogP contribution >= 0.6 is 0 Å². The van der Waals surface area contributed by atoms with Crippen LogP contribution in [0.15, 0.2) is 30.9 Å². The molecule has 0 amide bonds. The van der Waals surface area contributed by atoms with Crippen LogP contribution in [-0.4, -0.2) is 24.0 Å². The van der Waals surface area contributed by atoms with Crippen LogP contribution in [0.25, 0.3) is 0 Å². The molecule has 0 atom stereocenters. The molecule has 0 aromatic heterocycles. The fourth-order valence-corrected chi connectivity index (χ4v) is 2.44. The molecule has 1 aromatic rings. The zero-order chi connectivity index (χ0) is 14.4. The standard InChI is InChI=1S/C17H25FN2/c1-3-9-19-12-14-5-8-17(18)15(11-14)13-20(10-4-2)16-6-7-16/h4-5,8,11,16,19H,2-3,6-7,9-10,12-13H2,1H3. The van der Waals surface area contributed by atoms with E-state index >= 15 is 0 Å². The van der Waals surface area contributed by atoms with Crippen molar-refractivity contribution in [3.05, 3.63) is 47.8 Å². The summed E-state index contributed by atoms with van der Waals surface area (Å²) in [6.07, 6.45) is 5.48. The molecule has 20 heavy (non-hydrogen) atoms. The largest absolute Gasteiger partial charge is 0.313 e. The van der Waals surface area contributed by atoms with Crippen molar-refractivity contribution in [1.82, 2.24) is 10.2 Å². The molecule has 1 N–H and O–H groups in total. The monoisotopic (exact) mass is 276 g/mol. The van der Waals surface area contributed by atoms with E-state index < -0.39 is 0 Å². The molecular formula is C17H25FN2. The van der Waals surface area contributed by atoms with E-state index in [4.69, 9.17) is 0 Å². The average Bonchev–Trinajstić information content (AvgIpc) is 3.26. The highest BCUT2D eigenvalue weighted by Gasteiger charge is 2.28. The molecule has 1 saturated carbocycles. The summed E-state index contributed by atoms with van der Waals surface area (Å²) in [5, 5.41) is 3.36. The molecule has 2 nitrogen and oxygen atoms in total. The Bertz CT molecular complexity index is 441. The van der Waals surface area contributed by atoms with E-state index in [1.165, 1.54) is 12.8 Å². The van der Waals surface area contributed by atoms with Gasteiger partial charge in [-0.2, -0.15) is 0 Å². The Morgan fingerprint density at radius 3 is 2.90 bits per heavy atom. The quantitative estimate of drug-likeness (QED) is 0.549. The third-order valence-corrected chi connectivity index (χ3v) is 3.67. The number of benzene rings is 1. The van der Waals surface area contributed by atoms with Crippen LogP contribution < -0.4 is 5.32 Å². The molecule has 1 aliphatic rings. The highest BCUT2D eigenvalue weighted by molar-refractivity contribution is 5.25. The van der Waals surface area contributed by atoms with E-state index in [1.807, 2.05) is 18.2 Å². The molecule has 0 heterocycles. The molecule has 0 spiro atoms. The minimum atomic E-state index is -0.0982. The van der Waals surface area contributed by atoms with Gasteiger partial charge in [0.15, 0.2) is 0 Å². The van der Waals surface area contributed by atoms with Gasteiger partial charge in [0.2, 0.25) is 0 Å². The van der Waals surface area contributed by atoms with E-state index in [0.717, 1.165) is 37.2 Å². The van der Waals surface area contributed by atoms with Crippen molar-refractivity contribution in [2.24, 2.45) is 0 Å². The predicted octanol–water partition coefficient (Wildman–Crippen LogP) is 3.48. The van der Waals surface area contributed by atoms with Crippen molar-refractivity contribution in [1.29, 1.82) is 0 Å². The zero-order valence-electron chi connectivity index (χ0n) is 12.4. The van der Waals surface area contributed by atoms with Gasteiger partial charge in [0, 0.05) is 31.2 Å². The van der Waals surface area contributed by atoms with E-state index in [1.54, 1.807) is 6.07 Å². The third kappa shape index (κ3) is 4.43. The van der Waals surface area contributed by atoms with Crippen LogP contribution in [0.1, 0.15) is 37.3 Å². The topological polar surface area (TPSA) is 15.3 Å². The Balaban J connectivity index is 2.01. The highest BCUT2D eigenvalue weighted by atomic mass is 19.1. The molecule has 1 fully saturated rings. The molecule has 0 radical (unpaired) electrons. The maximum Gasteiger partial charge on any atom is 0.127 e. The molecule has 2 rings (SSSR count). The van der Waals surface area contributed by atoms with Crippen LogP contribution in [0, 0.1) is 5.82 Å². The van der Waals surface area contributed by atoms with Crippen LogP contribution in [0.3, 0.4) is 0 Å². The lowest BCUT2D eigenvalue weighted by Crippen LogP contribution is -2.26. The number of hydrogen-bond donors (Lipinski definition) is 1. The van der Waals surface area contributed by atoms with E-state index in [9.17, 15) is 4.39 Å². The Morgan fingerprint density at radius 1 is 1.45 bits per heavy atom. The van der Waals surface area contributed by atoms with Gasteiger partial charge in [-0.25, -0.2) is 4.39 Å². The van der Waals surface area contributed by atoms with E-state index in [-0.39, 0.29) is 5.82 Å². The Labute approximate surface area is 121 Å². The molecule has 0 saturated heterocycles. The van der Waals surface area contributed by atoms with Crippen LogP contribution in [0.4, 0.5) is 4.39 Å². The summed E-state index contributed by atoms with van der Waals surface area (Å²) >= 11 is 0. The average molecular weight is 276 g/mol. The second-order valence-corrected chi connectivity index (χ2v) is 5.55. The molecular weight excluding hydrogens is 251 g/mol. The molecule has 0 unspecified atom stereocenters. The highest BCUT2D eigenvalue weighted by Crippen LogP contribution is 2.28. The Morgan fingerprint density at radius 2 is 2.25 bits per heavy atom. The first-order chi connectivity index (χ1) is 9.74. The van der Waals surface area contributed by atoms with Gasteiger partial charge in [-0.1, -0.05) is 25.1 Å². The molecule has 1 aromatic carbocycles. The summed E-state index contributed by atoms with van der Waals surface area (Å²) < 4.78 is 14.0. The third-order valence-electron chi connectivity index (χ3n) is 3.67. The Kier molecular flexibility index (Phi) is 5.74. The first-order valence-corrected chi connectivity index (χ1v) is 7.57. The van der Waals surface area contributed by atoms with Crippen molar-refractivity contribution < 1.29 is 4.39 Å². The number of halogens is 1. The minimum Gasteiger partial charge on any atom is -0.313 e. The zero-order valence-corrected chi connectivity index (χ0v) is 12.4. The number of nitrogens with one attached hydrogen (secondary N) is 1. The van der Waals surface area contributed by atoms with Crippen LogP contribution in [0.5, 0.6) is 0 Å². The van der Waals surface area contributed by atoms with Gasteiger partial charge < -0.3 is 5.32 Å². The van der Waals surface area contributed by atoms with Gasteiger partial charge in [-0.3, -0.25) is 4.90 Å². The number of hydrogen-bond acceptors (Lipinski definition) is 2. The first kappa shape index (κ1) is 15.2. The molecule has 1 aliphatic carbocycles. The van der Waals surface area contributed by atoms with Gasteiger partial charge in [-0.05, 0) is 37.4 Å². The molecule has 0 bridgehead atoms. The lowest BCUT2D eigenvalue weighted by atomic mass is 10.1. The van der Waals surface area contributed by atoms with Gasteiger partial charge in [0.05, 0.1) is 0 Å². The molecule has 0 aliphatic heterocycles. The van der Waals surface area contributed by atoms with Crippen molar-refractivity contribution in [2.45, 2.75) is 45.3 Å². The fraction of sp³-hybridized carbons (Fsp3) is 0.529. The predicted molar refractivity (Wildman–Crippen MR) is 82.0 cm³/mol. The summed E-state index contributed by atoms with van der Waals surface area (Å²) in [6.45, 7) is 9.27. The summed E-state index contributed by atoms with van der Waals surface area (Å²) in [5.41, 5.74) is 1.96. The number of rotatable bonds is 9. The summed E-state index contributed by atoms with van der Waals surface area (Å²) in [6, 6.07) is 6.08. The first-order valence-electron chi connectivity index (χ1n) is 7.57. The van der Waals surface area contributed by atoms with Crippen molar-refractivity contribution in [3.8, 4) is 0 Å². The molecule has 110 valence electrons. The van der Waals surface area contributed by atoms with Crippen LogP contribution in [0.2, 0.25) is 0 Å². The number of nitrogens with zero attached hydrogens (tertiary/aromatic N) is 1. The van der Waals surface area contributed by atoms with Gasteiger partial charge in [0.1, 0.15) is 5.82 Å². The second-order valence-electron chi connectivity index (χ2n) is 5.55. The maximum absolute atomic E-state index is 14.0. The SMILES string of the molecule is C=CCN(Cc1cc(CNCCC)ccc1F)C1CC1. The molecule has 3 heteroatoms. The maximum atomic E-state index is 14.0. The van der Waals surface area contributed by atoms with Crippen molar-refractivity contribution in [2.75, 3.05) is 13.1 Å². The van der Waals surface area contributed by atoms with E-state index in [0.29, 0.717) is 12.6 Å². The van der Waals surface area contributed by atoms with Gasteiger partial charge in [0.25, 0.3) is 0 Å². The lowest BCUT2D eigenvalue weighted by molar-refractivity contribution is 0.279. The fourth-order valence-electron chi connectivity index (χ4n) is 2.44. The lowest BCUT2D eigenvalue weighted by Gasteiger charge is -2.21. The summed E-state index contributed by atoms with van der Waals surface area (Å²) in [4.78, 5) is 2.31.